The summed E-state index contributed by atoms with van der Waals surface area (Å²) in [7, 11) is 0. The number of hydroxylamine groups is 2. The van der Waals surface area contributed by atoms with Crippen molar-refractivity contribution in [2.24, 2.45) is 5.92 Å². The van der Waals surface area contributed by atoms with Crippen molar-refractivity contribution in [1.29, 1.82) is 0 Å². The predicted molar refractivity (Wildman–Crippen MR) is 132 cm³/mol. The number of furan rings is 1. The van der Waals surface area contributed by atoms with Gasteiger partial charge >= 0.3 is 0 Å². The maximum Gasteiger partial charge on any atom is 0.288 e. The van der Waals surface area contributed by atoms with E-state index < -0.39 is 17.9 Å². The first-order valence-electron chi connectivity index (χ1n) is 12.3. The minimum atomic E-state index is -0.634. The molecule has 1 aromatic heterocycles. The van der Waals surface area contributed by atoms with Gasteiger partial charge in [0.05, 0.1) is 25.2 Å². The Labute approximate surface area is 206 Å². The number of nitrogens with zero attached hydrogens (tertiary/aromatic N) is 1. The standard InChI is InChI=1S/C26H37N3O6/c1-4-7-8-12-21(22(6-3)29(33)18-30)25(31)27-17-28-26(32)24-14-13-23(35-24)19-10-9-11-20(16-19)34-15-5-2/h9-11,13-14,16,18,21-22,33H,4-8,12,15,17H2,1-3H3,(H,27,31)(H,28,32)/t21?,22-/m1/s1. The molecule has 1 heterocycles. The SMILES string of the molecule is CCCCCC(C(=O)NCNC(=O)c1ccc(-c2cccc(OCCC)c2)o1)[C@@H](CC)N(O)C=O. The van der Waals surface area contributed by atoms with Crippen LogP contribution in [0.3, 0.4) is 0 Å². The largest absolute Gasteiger partial charge is 0.494 e. The zero-order valence-electron chi connectivity index (χ0n) is 20.8. The molecule has 0 saturated carbocycles. The molecule has 2 rings (SSSR count). The summed E-state index contributed by atoms with van der Waals surface area (Å²) in [6.45, 7) is 6.40. The highest BCUT2D eigenvalue weighted by molar-refractivity contribution is 5.92. The van der Waals surface area contributed by atoms with Crippen LogP contribution in [-0.4, -0.2) is 47.8 Å². The van der Waals surface area contributed by atoms with Crippen molar-refractivity contribution in [3.8, 4) is 17.1 Å². The highest BCUT2D eigenvalue weighted by atomic mass is 16.5. The summed E-state index contributed by atoms with van der Waals surface area (Å²) in [5.74, 6) is -0.0258. The molecule has 0 aliphatic heterocycles. The molecule has 1 unspecified atom stereocenters. The quantitative estimate of drug-likeness (QED) is 0.106. The number of nitrogens with one attached hydrogen (secondary N) is 2. The molecule has 9 heteroatoms. The fraction of sp³-hybridized carbons (Fsp3) is 0.500. The molecule has 3 amide bonds. The summed E-state index contributed by atoms with van der Waals surface area (Å²) in [5, 5.41) is 15.8. The predicted octanol–water partition coefficient (Wildman–Crippen LogP) is 4.36. The van der Waals surface area contributed by atoms with Gasteiger partial charge in [0, 0.05) is 5.56 Å². The summed E-state index contributed by atoms with van der Waals surface area (Å²) >= 11 is 0. The third kappa shape index (κ3) is 8.43. The van der Waals surface area contributed by atoms with E-state index in [0.717, 1.165) is 37.0 Å². The third-order valence-corrected chi connectivity index (χ3v) is 5.72. The fourth-order valence-corrected chi connectivity index (χ4v) is 3.85. The number of unbranched alkanes of at least 4 members (excludes halogenated alkanes) is 2. The third-order valence-electron chi connectivity index (χ3n) is 5.72. The summed E-state index contributed by atoms with van der Waals surface area (Å²) in [5.41, 5.74) is 0.787. The Balaban J connectivity index is 1.96. The van der Waals surface area contributed by atoms with Crippen LogP contribution in [0.15, 0.2) is 40.8 Å². The smallest absolute Gasteiger partial charge is 0.288 e. The molecular formula is C26H37N3O6. The molecule has 1 aromatic carbocycles. The van der Waals surface area contributed by atoms with E-state index in [1.807, 2.05) is 31.2 Å². The van der Waals surface area contributed by atoms with Crippen LogP contribution in [0, 0.1) is 5.92 Å². The minimum Gasteiger partial charge on any atom is -0.494 e. The molecule has 35 heavy (non-hydrogen) atoms. The van der Waals surface area contributed by atoms with Crippen molar-refractivity contribution in [3.05, 3.63) is 42.2 Å². The van der Waals surface area contributed by atoms with Crippen molar-refractivity contribution in [1.82, 2.24) is 15.7 Å². The van der Waals surface area contributed by atoms with Crippen molar-refractivity contribution in [2.75, 3.05) is 13.3 Å². The lowest BCUT2D eigenvalue weighted by atomic mass is 9.90. The van der Waals surface area contributed by atoms with Crippen LogP contribution < -0.4 is 15.4 Å². The molecule has 0 spiro atoms. The van der Waals surface area contributed by atoms with E-state index in [0.29, 0.717) is 36.7 Å². The van der Waals surface area contributed by atoms with Gasteiger partial charge in [0.25, 0.3) is 5.91 Å². The first-order valence-corrected chi connectivity index (χ1v) is 12.3. The number of carbonyl (C=O) groups is 3. The van der Waals surface area contributed by atoms with Crippen LogP contribution in [0.4, 0.5) is 0 Å². The second-order valence-electron chi connectivity index (χ2n) is 8.33. The highest BCUT2D eigenvalue weighted by Crippen LogP contribution is 2.26. The van der Waals surface area contributed by atoms with Crippen LogP contribution in [0.1, 0.15) is 69.9 Å². The normalized spacial score (nSPS) is 12.5. The number of hydrogen-bond acceptors (Lipinski definition) is 6. The average molecular weight is 488 g/mol. The zero-order chi connectivity index (χ0) is 25.6. The van der Waals surface area contributed by atoms with E-state index in [4.69, 9.17) is 9.15 Å². The van der Waals surface area contributed by atoms with Gasteiger partial charge in [-0.2, -0.15) is 0 Å². The second-order valence-corrected chi connectivity index (χ2v) is 8.33. The summed E-state index contributed by atoms with van der Waals surface area (Å²) in [6.07, 6.45) is 4.89. The lowest BCUT2D eigenvalue weighted by Crippen LogP contribution is -2.47. The first-order chi connectivity index (χ1) is 16.9. The van der Waals surface area contributed by atoms with E-state index in [1.54, 1.807) is 19.1 Å². The van der Waals surface area contributed by atoms with Crippen molar-refractivity contribution in [3.63, 3.8) is 0 Å². The van der Waals surface area contributed by atoms with E-state index in [-0.39, 0.29) is 18.3 Å². The van der Waals surface area contributed by atoms with Gasteiger partial charge in [-0.05, 0) is 43.5 Å². The Morgan fingerprint density at radius 1 is 1.11 bits per heavy atom. The number of benzene rings is 1. The molecule has 0 aliphatic rings. The van der Waals surface area contributed by atoms with E-state index in [2.05, 4.69) is 17.6 Å². The van der Waals surface area contributed by atoms with Crippen LogP contribution in [0.2, 0.25) is 0 Å². The van der Waals surface area contributed by atoms with Gasteiger partial charge < -0.3 is 19.8 Å². The molecule has 0 saturated heterocycles. The minimum absolute atomic E-state index is 0.110. The van der Waals surface area contributed by atoms with E-state index >= 15 is 0 Å². The molecular weight excluding hydrogens is 450 g/mol. The molecule has 2 atom stereocenters. The number of rotatable bonds is 16. The van der Waals surface area contributed by atoms with Crippen LogP contribution >= 0.6 is 0 Å². The summed E-state index contributed by atoms with van der Waals surface area (Å²) in [4.78, 5) is 36.4. The molecule has 2 aromatic rings. The van der Waals surface area contributed by atoms with Crippen LogP contribution in [0.25, 0.3) is 11.3 Å². The van der Waals surface area contributed by atoms with E-state index in [1.165, 1.54) is 0 Å². The number of ether oxygens (including phenoxy) is 1. The molecule has 0 aliphatic carbocycles. The van der Waals surface area contributed by atoms with Gasteiger partial charge in [0.15, 0.2) is 5.76 Å². The average Bonchev–Trinajstić information content (AvgIpc) is 3.37. The summed E-state index contributed by atoms with van der Waals surface area (Å²) in [6, 6.07) is 10.1. The second kappa shape index (κ2) is 14.8. The van der Waals surface area contributed by atoms with Crippen LogP contribution in [0.5, 0.6) is 5.75 Å². The fourth-order valence-electron chi connectivity index (χ4n) is 3.85. The Morgan fingerprint density at radius 2 is 1.91 bits per heavy atom. The van der Waals surface area contributed by atoms with Gasteiger partial charge in [-0.1, -0.05) is 52.2 Å². The Bertz CT molecular complexity index is 945. The van der Waals surface area contributed by atoms with E-state index in [9.17, 15) is 19.6 Å². The molecule has 9 nitrogen and oxygen atoms in total. The van der Waals surface area contributed by atoms with Gasteiger partial charge in [0.1, 0.15) is 11.5 Å². The maximum absolute atomic E-state index is 12.8. The molecule has 192 valence electrons. The molecule has 3 N–H and O–H groups in total. The number of amides is 3. The Hall–Kier alpha value is -3.33. The molecule has 0 bridgehead atoms. The highest BCUT2D eigenvalue weighted by Gasteiger charge is 2.30. The van der Waals surface area contributed by atoms with Gasteiger partial charge in [0.2, 0.25) is 12.3 Å². The monoisotopic (exact) mass is 487 g/mol. The molecule has 0 fully saturated rings. The van der Waals surface area contributed by atoms with Crippen molar-refractivity contribution < 1.29 is 28.7 Å². The van der Waals surface area contributed by atoms with Gasteiger partial charge in [-0.15, -0.1) is 0 Å². The van der Waals surface area contributed by atoms with Crippen molar-refractivity contribution >= 4 is 18.2 Å². The lowest BCUT2D eigenvalue weighted by Gasteiger charge is -2.29. The Kier molecular flexibility index (Phi) is 11.8. The van der Waals surface area contributed by atoms with Gasteiger partial charge in [-0.3, -0.25) is 19.6 Å². The number of hydrogen-bond donors (Lipinski definition) is 3. The Morgan fingerprint density at radius 3 is 2.60 bits per heavy atom. The molecule has 0 radical (unpaired) electrons. The summed E-state index contributed by atoms with van der Waals surface area (Å²) < 4.78 is 11.3. The lowest BCUT2D eigenvalue weighted by molar-refractivity contribution is -0.168. The van der Waals surface area contributed by atoms with Gasteiger partial charge in [-0.25, -0.2) is 5.06 Å². The maximum atomic E-state index is 12.8. The first kappa shape index (κ1) is 27.9. The van der Waals surface area contributed by atoms with Crippen LogP contribution in [-0.2, 0) is 9.59 Å². The van der Waals surface area contributed by atoms with Crippen molar-refractivity contribution in [2.45, 2.75) is 65.3 Å². The number of carbonyl (C=O) groups excluding carboxylic acids is 3. The topological polar surface area (TPSA) is 121 Å². The zero-order valence-corrected chi connectivity index (χ0v) is 20.8.